The van der Waals surface area contributed by atoms with Gasteiger partial charge in [0.1, 0.15) is 5.15 Å². The first-order chi connectivity index (χ1) is 8.54. The maximum Gasteiger partial charge on any atom is 0.329 e. The maximum atomic E-state index is 12.2. The Bertz CT molecular complexity index is 704. The Morgan fingerprint density at radius 3 is 2.61 bits per heavy atom. The van der Waals surface area contributed by atoms with Crippen LogP contribution in [-0.4, -0.2) is 9.55 Å². The topological polar surface area (TPSA) is 54.9 Å². The molecule has 4 nitrogen and oxygen atoms in total. The average Bonchev–Trinajstić information content (AvgIpc) is 2.28. The standard InChI is InChI=1S/C12H10Cl2N2O2/c1-2-16-11(17)9(10(14)15-12(16)18)7-4-3-5-8(13)6-7/h3-6H,2H2,1H3,(H,15,18). The zero-order valence-corrected chi connectivity index (χ0v) is 11.0. The van der Waals surface area contributed by atoms with E-state index in [1.807, 2.05) is 0 Å². The lowest BCUT2D eigenvalue weighted by Gasteiger charge is -2.07. The quantitative estimate of drug-likeness (QED) is 0.862. The third-order valence-corrected chi connectivity index (χ3v) is 3.09. The summed E-state index contributed by atoms with van der Waals surface area (Å²) in [4.78, 5) is 26.2. The van der Waals surface area contributed by atoms with Gasteiger partial charge in [-0.2, -0.15) is 0 Å². The molecule has 0 saturated heterocycles. The molecule has 0 fully saturated rings. The van der Waals surface area contributed by atoms with Gasteiger partial charge in [0.05, 0.1) is 5.56 Å². The van der Waals surface area contributed by atoms with Crippen molar-refractivity contribution in [3.8, 4) is 11.1 Å². The van der Waals surface area contributed by atoms with E-state index in [1.54, 1.807) is 31.2 Å². The number of rotatable bonds is 2. The van der Waals surface area contributed by atoms with E-state index in [4.69, 9.17) is 23.2 Å². The van der Waals surface area contributed by atoms with E-state index in [0.29, 0.717) is 10.6 Å². The molecule has 1 N–H and O–H groups in total. The summed E-state index contributed by atoms with van der Waals surface area (Å²) >= 11 is 11.8. The van der Waals surface area contributed by atoms with Gasteiger partial charge in [0, 0.05) is 11.6 Å². The summed E-state index contributed by atoms with van der Waals surface area (Å²) in [5, 5.41) is 0.522. The number of aromatic amines is 1. The molecule has 94 valence electrons. The van der Waals surface area contributed by atoms with Crippen molar-refractivity contribution in [1.29, 1.82) is 0 Å². The summed E-state index contributed by atoms with van der Waals surface area (Å²) in [6.45, 7) is 1.99. The molecule has 6 heteroatoms. The lowest BCUT2D eigenvalue weighted by molar-refractivity contribution is 0.675. The molecule has 0 atom stereocenters. The smallest absolute Gasteiger partial charge is 0.297 e. The minimum atomic E-state index is -0.515. The fourth-order valence-electron chi connectivity index (χ4n) is 1.73. The minimum absolute atomic E-state index is 0.0250. The zero-order valence-electron chi connectivity index (χ0n) is 9.54. The van der Waals surface area contributed by atoms with Crippen LogP contribution in [0, 0.1) is 0 Å². The van der Waals surface area contributed by atoms with Crippen molar-refractivity contribution in [1.82, 2.24) is 9.55 Å². The molecule has 0 aliphatic carbocycles. The van der Waals surface area contributed by atoms with Gasteiger partial charge in [-0.1, -0.05) is 35.3 Å². The first-order valence-electron chi connectivity index (χ1n) is 5.33. The Labute approximate surface area is 113 Å². The van der Waals surface area contributed by atoms with E-state index in [9.17, 15) is 9.59 Å². The summed E-state index contributed by atoms with van der Waals surface area (Å²) < 4.78 is 1.09. The van der Waals surface area contributed by atoms with Gasteiger partial charge in [0.25, 0.3) is 5.56 Å². The number of nitrogens with zero attached hydrogens (tertiary/aromatic N) is 1. The molecule has 0 amide bonds. The molecule has 18 heavy (non-hydrogen) atoms. The molecule has 2 aromatic rings. The van der Waals surface area contributed by atoms with Crippen LogP contribution in [0.1, 0.15) is 6.92 Å². The van der Waals surface area contributed by atoms with Gasteiger partial charge in [-0.3, -0.25) is 14.3 Å². The highest BCUT2D eigenvalue weighted by Crippen LogP contribution is 2.24. The summed E-state index contributed by atoms with van der Waals surface area (Å²) in [7, 11) is 0. The predicted molar refractivity (Wildman–Crippen MR) is 72.5 cm³/mol. The minimum Gasteiger partial charge on any atom is -0.297 e. The Kier molecular flexibility index (Phi) is 3.59. The van der Waals surface area contributed by atoms with Gasteiger partial charge >= 0.3 is 5.69 Å². The number of benzene rings is 1. The van der Waals surface area contributed by atoms with E-state index in [0.717, 1.165) is 4.57 Å². The largest absolute Gasteiger partial charge is 0.329 e. The molecule has 0 bridgehead atoms. The number of halogens is 2. The fraction of sp³-hybridized carbons (Fsp3) is 0.167. The van der Waals surface area contributed by atoms with E-state index in [-0.39, 0.29) is 17.3 Å². The van der Waals surface area contributed by atoms with Crippen LogP contribution in [0.15, 0.2) is 33.9 Å². The summed E-state index contributed by atoms with van der Waals surface area (Å²) in [5.41, 5.74) is -0.108. The number of hydrogen-bond acceptors (Lipinski definition) is 2. The Balaban J connectivity index is 2.80. The van der Waals surface area contributed by atoms with E-state index in [1.165, 1.54) is 0 Å². The van der Waals surface area contributed by atoms with E-state index in [2.05, 4.69) is 4.98 Å². The fourth-order valence-corrected chi connectivity index (χ4v) is 2.19. The SMILES string of the molecule is CCn1c(=O)[nH]c(Cl)c(-c2cccc(Cl)c2)c1=O. The monoisotopic (exact) mass is 284 g/mol. The van der Waals surface area contributed by atoms with Crippen molar-refractivity contribution in [2.45, 2.75) is 13.5 Å². The maximum absolute atomic E-state index is 12.2. The molecule has 1 heterocycles. The van der Waals surface area contributed by atoms with Gasteiger partial charge in [-0.05, 0) is 24.6 Å². The van der Waals surface area contributed by atoms with Crippen LogP contribution in [0.25, 0.3) is 11.1 Å². The highest BCUT2D eigenvalue weighted by atomic mass is 35.5. The second kappa shape index (κ2) is 5.00. The lowest BCUT2D eigenvalue weighted by atomic mass is 10.1. The summed E-state index contributed by atoms with van der Waals surface area (Å²) in [6.07, 6.45) is 0. The first kappa shape index (κ1) is 12.9. The van der Waals surface area contributed by atoms with Crippen LogP contribution in [0.3, 0.4) is 0 Å². The number of nitrogens with one attached hydrogen (secondary N) is 1. The molecule has 0 radical (unpaired) electrons. The zero-order chi connectivity index (χ0) is 13.3. The number of aromatic nitrogens is 2. The first-order valence-corrected chi connectivity index (χ1v) is 6.08. The molecule has 0 spiro atoms. The van der Waals surface area contributed by atoms with Crippen molar-refractivity contribution in [2.75, 3.05) is 0 Å². The van der Waals surface area contributed by atoms with Crippen LogP contribution in [0.2, 0.25) is 10.2 Å². The number of H-pyrrole nitrogens is 1. The van der Waals surface area contributed by atoms with Crippen molar-refractivity contribution < 1.29 is 0 Å². The van der Waals surface area contributed by atoms with Gasteiger partial charge in [-0.25, -0.2) is 4.79 Å². The van der Waals surface area contributed by atoms with Gasteiger partial charge in [0.15, 0.2) is 0 Å². The van der Waals surface area contributed by atoms with E-state index >= 15 is 0 Å². The van der Waals surface area contributed by atoms with Gasteiger partial charge in [0.2, 0.25) is 0 Å². The van der Waals surface area contributed by atoms with Gasteiger partial charge < -0.3 is 0 Å². The molecular weight excluding hydrogens is 275 g/mol. The summed E-state index contributed by atoms with van der Waals surface area (Å²) in [5.74, 6) is 0. The highest BCUT2D eigenvalue weighted by molar-refractivity contribution is 6.32. The molecule has 1 aromatic carbocycles. The summed E-state index contributed by atoms with van der Waals surface area (Å²) in [6, 6.07) is 6.76. The molecule has 2 rings (SSSR count). The normalized spacial score (nSPS) is 10.6. The Morgan fingerprint density at radius 2 is 2.00 bits per heavy atom. The lowest BCUT2D eigenvalue weighted by Crippen LogP contribution is -2.35. The van der Waals surface area contributed by atoms with Crippen LogP contribution in [0.5, 0.6) is 0 Å². The second-order valence-electron chi connectivity index (χ2n) is 3.68. The third kappa shape index (κ3) is 2.21. The molecule has 1 aromatic heterocycles. The number of hydrogen-bond donors (Lipinski definition) is 1. The van der Waals surface area contributed by atoms with Crippen molar-refractivity contribution >= 4 is 23.2 Å². The molecule has 0 unspecified atom stereocenters. The van der Waals surface area contributed by atoms with Crippen molar-refractivity contribution in [3.05, 3.63) is 55.3 Å². The molecular formula is C12H10Cl2N2O2. The second-order valence-corrected chi connectivity index (χ2v) is 4.49. The predicted octanol–water partition coefficient (Wildman–Crippen LogP) is 2.53. The molecule has 0 saturated carbocycles. The van der Waals surface area contributed by atoms with E-state index < -0.39 is 11.2 Å². The van der Waals surface area contributed by atoms with Crippen LogP contribution < -0.4 is 11.2 Å². The molecule has 0 aliphatic rings. The Hall–Kier alpha value is -1.52. The van der Waals surface area contributed by atoms with Crippen LogP contribution >= 0.6 is 23.2 Å². The average molecular weight is 285 g/mol. The van der Waals surface area contributed by atoms with Gasteiger partial charge in [-0.15, -0.1) is 0 Å². The Morgan fingerprint density at radius 1 is 1.28 bits per heavy atom. The third-order valence-electron chi connectivity index (χ3n) is 2.57. The van der Waals surface area contributed by atoms with Crippen LogP contribution in [-0.2, 0) is 6.54 Å². The van der Waals surface area contributed by atoms with Crippen LogP contribution in [0.4, 0.5) is 0 Å². The van der Waals surface area contributed by atoms with Crippen molar-refractivity contribution in [3.63, 3.8) is 0 Å². The van der Waals surface area contributed by atoms with Crippen molar-refractivity contribution in [2.24, 2.45) is 0 Å². The highest BCUT2D eigenvalue weighted by Gasteiger charge is 2.13. The molecule has 0 aliphatic heterocycles.